The third-order valence-electron chi connectivity index (χ3n) is 4.35. The number of amides is 1. The predicted molar refractivity (Wildman–Crippen MR) is 101 cm³/mol. The number of hydrogen-bond donors (Lipinski definition) is 1. The molecule has 3 aromatic carbocycles. The fourth-order valence-electron chi connectivity index (χ4n) is 3.10. The van der Waals surface area contributed by atoms with Gasteiger partial charge < -0.3 is 5.32 Å². The van der Waals surface area contributed by atoms with Gasteiger partial charge in [-0.25, -0.2) is 4.39 Å². The van der Waals surface area contributed by atoms with E-state index in [-0.39, 0.29) is 17.8 Å². The number of nitrogens with zero attached hydrogens (tertiary/aromatic N) is 1. The summed E-state index contributed by atoms with van der Waals surface area (Å²) in [5.74, 6) is -0.412. The maximum Gasteiger partial charge on any atom is 0.275 e. The Morgan fingerprint density at radius 2 is 1.42 bits per heavy atom. The molecule has 1 heterocycles. The summed E-state index contributed by atoms with van der Waals surface area (Å²) in [5.41, 5.74) is 3.01. The molecular weight excluding hydrogens is 327 g/mol. The van der Waals surface area contributed by atoms with Crippen molar-refractivity contribution in [3.63, 3.8) is 0 Å². The molecule has 0 aromatic heterocycles. The van der Waals surface area contributed by atoms with E-state index in [4.69, 9.17) is 0 Å². The van der Waals surface area contributed by atoms with E-state index in [9.17, 15) is 9.18 Å². The monoisotopic (exact) mass is 344 g/mol. The third-order valence-corrected chi connectivity index (χ3v) is 4.35. The molecule has 4 heteroatoms. The van der Waals surface area contributed by atoms with Gasteiger partial charge in [-0.05, 0) is 48.0 Å². The second-order valence-electron chi connectivity index (χ2n) is 6.08. The minimum absolute atomic E-state index is 0.116. The molecule has 4 rings (SSSR count). The molecular formula is C22H17FN2O. The molecule has 1 atom stereocenters. The van der Waals surface area contributed by atoms with Crippen molar-refractivity contribution in [3.8, 4) is 0 Å². The number of rotatable bonds is 4. The van der Waals surface area contributed by atoms with E-state index in [0.717, 1.165) is 16.9 Å². The average molecular weight is 344 g/mol. The van der Waals surface area contributed by atoms with Crippen molar-refractivity contribution in [2.75, 3.05) is 10.2 Å². The van der Waals surface area contributed by atoms with Crippen molar-refractivity contribution in [2.24, 2.45) is 0 Å². The van der Waals surface area contributed by atoms with Crippen LogP contribution < -0.4 is 10.2 Å². The molecule has 0 saturated heterocycles. The zero-order valence-electron chi connectivity index (χ0n) is 14.0. The van der Waals surface area contributed by atoms with Gasteiger partial charge in [0.05, 0.1) is 6.04 Å². The van der Waals surface area contributed by atoms with Crippen LogP contribution >= 0.6 is 0 Å². The number of carbonyl (C=O) groups excluding carboxylic acids is 1. The van der Waals surface area contributed by atoms with E-state index in [2.05, 4.69) is 5.32 Å². The molecule has 0 saturated carbocycles. The maximum atomic E-state index is 13.3. The second kappa shape index (κ2) is 6.84. The zero-order valence-corrected chi connectivity index (χ0v) is 14.0. The van der Waals surface area contributed by atoms with Gasteiger partial charge in [0, 0.05) is 11.4 Å². The van der Waals surface area contributed by atoms with Crippen LogP contribution in [0.25, 0.3) is 0 Å². The quantitative estimate of drug-likeness (QED) is 0.729. The predicted octanol–water partition coefficient (Wildman–Crippen LogP) is 4.91. The Kier molecular flexibility index (Phi) is 4.23. The molecule has 1 aliphatic heterocycles. The lowest BCUT2D eigenvalue weighted by Gasteiger charge is -2.25. The normalized spacial score (nSPS) is 16.5. The van der Waals surface area contributed by atoms with Gasteiger partial charge in [0.25, 0.3) is 5.91 Å². The lowest BCUT2D eigenvalue weighted by Crippen LogP contribution is -2.30. The van der Waals surface area contributed by atoms with Crippen LogP contribution in [0.4, 0.5) is 15.8 Å². The molecule has 3 aromatic rings. The molecule has 0 radical (unpaired) electrons. The first-order valence-electron chi connectivity index (χ1n) is 8.40. The van der Waals surface area contributed by atoms with Gasteiger partial charge in [-0.2, -0.15) is 0 Å². The van der Waals surface area contributed by atoms with E-state index in [1.165, 1.54) is 12.1 Å². The minimum Gasteiger partial charge on any atom is -0.351 e. The Morgan fingerprint density at radius 3 is 2.08 bits per heavy atom. The van der Waals surface area contributed by atoms with Crippen LogP contribution in [0.5, 0.6) is 0 Å². The van der Waals surface area contributed by atoms with Crippen LogP contribution in [-0.2, 0) is 4.79 Å². The molecule has 0 spiro atoms. The van der Waals surface area contributed by atoms with E-state index < -0.39 is 0 Å². The summed E-state index contributed by atoms with van der Waals surface area (Å²) < 4.78 is 13.3. The number of benzene rings is 3. The molecule has 1 aliphatic rings. The number of carbonyl (C=O) groups is 1. The van der Waals surface area contributed by atoms with Crippen LogP contribution in [0, 0.1) is 5.82 Å². The smallest absolute Gasteiger partial charge is 0.275 e. The van der Waals surface area contributed by atoms with Gasteiger partial charge >= 0.3 is 0 Å². The largest absolute Gasteiger partial charge is 0.351 e. The van der Waals surface area contributed by atoms with Crippen LogP contribution in [0.2, 0.25) is 0 Å². The lowest BCUT2D eigenvalue weighted by molar-refractivity contribution is -0.114. The molecule has 1 N–H and O–H groups in total. The SMILES string of the molecule is O=C1C(Nc2ccccc2)=CC(c2ccc(F)cc2)N1c1ccccc1. The Balaban J connectivity index is 1.73. The van der Waals surface area contributed by atoms with Gasteiger partial charge in [-0.15, -0.1) is 0 Å². The van der Waals surface area contributed by atoms with Crippen LogP contribution in [-0.4, -0.2) is 5.91 Å². The first kappa shape index (κ1) is 16.1. The second-order valence-corrected chi connectivity index (χ2v) is 6.08. The van der Waals surface area contributed by atoms with Gasteiger partial charge in [0.2, 0.25) is 0 Å². The summed E-state index contributed by atoms with van der Waals surface area (Å²) in [5, 5.41) is 3.20. The molecule has 0 aliphatic carbocycles. The maximum absolute atomic E-state index is 13.3. The molecule has 0 fully saturated rings. The number of anilines is 2. The Labute approximate surface area is 151 Å². The standard InChI is InChI=1S/C22H17FN2O/c23-17-13-11-16(12-14-17)21-15-20(24-18-7-3-1-4-8-18)22(26)25(21)19-9-5-2-6-10-19/h1-15,21,24H. The van der Waals surface area contributed by atoms with Gasteiger partial charge in [0.1, 0.15) is 11.5 Å². The van der Waals surface area contributed by atoms with Crippen molar-refractivity contribution in [3.05, 3.63) is 108 Å². The lowest BCUT2D eigenvalue weighted by atomic mass is 10.1. The van der Waals surface area contributed by atoms with Crippen molar-refractivity contribution < 1.29 is 9.18 Å². The van der Waals surface area contributed by atoms with Crippen LogP contribution in [0.15, 0.2) is 96.7 Å². The van der Waals surface area contributed by atoms with E-state index in [0.29, 0.717) is 5.70 Å². The highest BCUT2D eigenvalue weighted by atomic mass is 19.1. The summed E-state index contributed by atoms with van der Waals surface area (Å²) in [7, 11) is 0. The number of halogens is 1. The molecule has 128 valence electrons. The van der Waals surface area contributed by atoms with Crippen molar-refractivity contribution in [1.82, 2.24) is 0 Å². The molecule has 0 bridgehead atoms. The van der Waals surface area contributed by atoms with Gasteiger partial charge in [-0.1, -0.05) is 48.5 Å². The van der Waals surface area contributed by atoms with Crippen LogP contribution in [0.1, 0.15) is 11.6 Å². The topological polar surface area (TPSA) is 32.3 Å². The van der Waals surface area contributed by atoms with E-state index in [1.807, 2.05) is 66.7 Å². The van der Waals surface area contributed by atoms with Crippen molar-refractivity contribution >= 4 is 17.3 Å². The highest BCUT2D eigenvalue weighted by Crippen LogP contribution is 2.35. The highest BCUT2D eigenvalue weighted by molar-refractivity contribution is 6.11. The van der Waals surface area contributed by atoms with Crippen LogP contribution in [0.3, 0.4) is 0 Å². The third kappa shape index (κ3) is 3.09. The number of hydrogen-bond acceptors (Lipinski definition) is 2. The zero-order chi connectivity index (χ0) is 17.9. The summed E-state index contributed by atoms with van der Waals surface area (Å²) in [6.07, 6.45) is 1.88. The van der Waals surface area contributed by atoms with E-state index in [1.54, 1.807) is 17.0 Å². The fourth-order valence-corrected chi connectivity index (χ4v) is 3.10. The Bertz CT molecular complexity index is 937. The number of nitrogens with one attached hydrogen (secondary N) is 1. The molecule has 3 nitrogen and oxygen atoms in total. The summed E-state index contributed by atoms with van der Waals surface area (Å²) in [6, 6.07) is 25.0. The number of para-hydroxylation sites is 2. The first-order chi connectivity index (χ1) is 12.7. The average Bonchev–Trinajstić information content (AvgIpc) is 3.00. The Morgan fingerprint density at radius 1 is 0.808 bits per heavy atom. The molecule has 26 heavy (non-hydrogen) atoms. The van der Waals surface area contributed by atoms with Crippen molar-refractivity contribution in [1.29, 1.82) is 0 Å². The fraction of sp³-hybridized carbons (Fsp3) is 0.0455. The summed E-state index contributed by atoms with van der Waals surface area (Å²) in [6.45, 7) is 0. The molecule has 1 unspecified atom stereocenters. The summed E-state index contributed by atoms with van der Waals surface area (Å²) in [4.78, 5) is 14.8. The molecule has 1 amide bonds. The van der Waals surface area contributed by atoms with E-state index >= 15 is 0 Å². The highest BCUT2D eigenvalue weighted by Gasteiger charge is 2.34. The summed E-state index contributed by atoms with van der Waals surface area (Å²) >= 11 is 0. The first-order valence-corrected chi connectivity index (χ1v) is 8.40. The Hall–Kier alpha value is -3.40. The van der Waals surface area contributed by atoms with Crippen molar-refractivity contribution in [2.45, 2.75) is 6.04 Å². The van der Waals surface area contributed by atoms with Gasteiger partial charge in [-0.3, -0.25) is 9.69 Å². The minimum atomic E-state index is -0.295. The van der Waals surface area contributed by atoms with Gasteiger partial charge in [0.15, 0.2) is 0 Å².